The van der Waals surface area contributed by atoms with Crippen LogP contribution in [-0.4, -0.2) is 47.5 Å². The van der Waals surface area contributed by atoms with E-state index in [0.29, 0.717) is 35.5 Å². The van der Waals surface area contributed by atoms with Crippen LogP contribution in [0.2, 0.25) is 5.02 Å². The number of thiocarbonyl (C=S) groups is 1. The van der Waals surface area contributed by atoms with Gasteiger partial charge in [-0.1, -0.05) is 23.7 Å². The van der Waals surface area contributed by atoms with E-state index in [1.807, 2.05) is 0 Å². The first-order chi connectivity index (χ1) is 11.5. The fraction of sp³-hybridized carbons (Fsp3) is 0.312. The average Bonchev–Trinajstić information content (AvgIpc) is 2.54. The van der Waals surface area contributed by atoms with Gasteiger partial charge >= 0.3 is 0 Å². The minimum absolute atomic E-state index is 0.00570. The molecular formula is C16H19ClN4O2S. The zero-order valence-electron chi connectivity index (χ0n) is 13.0. The number of carbonyl (C=O) groups excluding carboxylic acids is 2. The molecule has 1 saturated heterocycles. The van der Waals surface area contributed by atoms with Gasteiger partial charge in [0.1, 0.15) is 6.04 Å². The summed E-state index contributed by atoms with van der Waals surface area (Å²) in [5, 5.41) is 9.46. The lowest BCUT2D eigenvalue weighted by Crippen LogP contribution is -2.60. The van der Waals surface area contributed by atoms with Gasteiger partial charge in [0.05, 0.1) is 6.42 Å². The monoisotopic (exact) mass is 366 g/mol. The predicted molar refractivity (Wildman–Crippen MR) is 99.0 cm³/mol. The molecule has 6 nitrogen and oxygen atoms in total. The van der Waals surface area contributed by atoms with Crippen LogP contribution >= 0.6 is 23.8 Å². The van der Waals surface area contributed by atoms with Crippen LogP contribution in [0.5, 0.6) is 0 Å². The second-order valence-electron chi connectivity index (χ2n) is 5.24. The van der Waals surface area contributed by atoms with Crippen LogP contribution in [0.1, 0.15) is 6.42 Å². The third kappa shape index (κ3) is 4.94. The molecule has 1 heterocycles. The van der Waals surface area contributed by atoms with Gasteiger partial charge in [-0.05, 0) is 30.4 Å². The van der Waals surface area contributed by atoms with Gasteiger partial charge in [0.25, 0.3) is 0 Å². The molecule has 1 aromatic rings. The van der Waals surface area contributed by atoms with Crippen molar-refractivity contribution in [3.8, 4) is 0 Å². The van der Waals surface area contributed by atoms with E-state index < -0.39 is 6.04 Å². The van der Waals surface area contributed by atoms with Gasteiger partial charge in [-0.3, -0.25) is 9.59 Å². The Bertz CT molecular complexity index is 653. The van der Waals surface area contributed by atoms with E-state index in [4.69, 9.17) is 23.8 Å². The lowest BCUT2D eigenvalue weighted by Gasteiger charge is -2.36. The average molecular weight is 367 g/mol. The highest BCUT2D eigenvalue weighted by molar-refractivity contribution is 7.80. The van der Waals surface area contributed by atoms with E-state index in [1.165, 1.54) is 0 Å². The summed E-state index contributed by atoms with van der Waals surface area (Å²) in [6.45, 7) is 5.15. The summed E-state index contributed by atoms with van der Waals surface area (Å²) < 4.78 is 0. The maximum Gasteiger partial charge on any atom is 0.243 e. The quantitative estimate of drug-likeness (QED) is 0.544. The first-order valence-corrected chi connectivity index (χ1v) is 8.28. The van der Waals surface area contributed by atoms with E-state index >= 15 is 0 Å². The number of nitrogens with one attached hydrogen (secondary N) is 3. The van der Waals surface area contributed by atoms with Crippen LogP contribution in [0.3, 0.4) is 0 Å². The number of hydrogen-bond acceptors (Lipinski definition) is 3. The zero-order valence-corrected chi connectivity index (χ0v) is 14.6. The predicted octanol–water partition coefficient (Wildman–Crippen LogP) is 1.53. The molecule has 0 aromatic heterocycles. The van der Waals surface area contributed by atoms with E-state index in [9.17, 15) is 9.59 Å². The summed E-state index contributed by atoms with van der Waals surface area (Å²) >= 11 is 11.2. The summed E-state index contributed by atoms with van der Waals surface area (Å²) in [7, 11) is 0. The molecule has 1 aromatic carbocycles. The van der Waals surface area contributed by atoms with E-state index in [1.54, 1.807) is 35.2 Å². The minimum Gasteiger partial charge on any atom is -0.359 e. The molecule has 128 valence electrons. The highest BCUT2D eigenvalue weighted by Crippen LogP contribution is 2.16. The Labute approximate surface area is 151 Å². The molecule has 1 unspecified atom stereocenters. The van der Waals surface area contributed by atoms with E-state index in [2.05, 4.69) is 22.5 Å². The number of hydrogen-bond donors (Lipinski definition) is 3. The largest absolute Gasteiger partial charge is 0.359 e. The lowest BCUT2D eigenvalue weighted by molar-refractivity contribution is -0.130. The van der Waals surface area contributed by atoms with Gasteiger partial charge in [-0.2, -0.15) is 0 Å². The number of rotatable bonds is 5. The standard InChI is InChI=1S/C16H19ClN4O2S/c1-2-6-19-16(24)21-8-7-18-15(23)13(21)10-14(22)20-12-5-3-4-11(17)9-12/h2-5,9,13H,1,6-8,10H2,(H,18,23)(H,19,24)(H,20,22). The molecule has 2 amide bonds. The van der Waals surface area contributed by atoms with E-state index in [-0.39, 0.29) is 18.2 Å². The lowest BCUT2D eigenvalue weighted by atomic mass is 10.1. The van der Waals surface area contributed by atoms with Crippen molar-refractivity contribution >= 4 is 46.4 Å². The van der Waals surface area contributed by atoms with Crippen molar-refractivity contribution in [1.82, 2.24) is 15.5 Å². The Morgan fingerprint density at radius 3 is 3.04 bits per heavy atom. The van der Waals surface area contributed by atoms with Crippen LogP contribution < -0.4 is 16.0 Å². The molecule has 8 heteroatoms. The smallest absolute Gasteiger partial charge is 0.243 e. The van der Waals surface area contributed by atoms with Crippen LogP contribution in [0.4, 0.5) is 5.69 Å². The molecule has 0 aliphatic carbocycles. The maximum atomic E-state index is 12.3. The normalized spacial score (nSPS) is 17.0. The Hall–Kier alpha value is -2.12. The molecule has 3 N–H and O–H groups in total. The van der Waals surface area contributed by atoms with Crippen molar-refractivity contribution < 1.29 is 9.59 Å². The number of carbonyl (C=O) groups is 2. The molecular weight excluding hydrogens is 348 g/mol. The van der Waals surface area contributed by atoms with Gasteiger partial charge in [0.2, 0.25) is 11.8 Å². The molecule has 0 spiro atoms. The summed E-state index contributed by atoms with van der Waals surface area (Å²) in [5.41, 5.74) is 0.586. The van der Waals surface area contributed by atoms with E-state index in [0.717, 1.165) is 0 Å². The molecule has 0 bridgehead atoms. The van der Waals surface area contributed by atoms with Crippen molar-refractivity contribution in [3.63, 3.8) is 0 Å². The van der Waals surface area contributed by atoms with Crippen molar-refractivity contribution in [1.29, 1.82) is 0 Å². The number of halogens is 1. The number of piperazine rings is 1. The van der Waals surface area contributed by atoms with Crippen LogP contribution in [0, 0.1) is 0 Å². The molecule has 1 aliphatic rings. The summed E-state index contributed by atoms with van der Waals surface area (Å²) in [6, 6.07) is 6.19. The SMILES string of the molecule is C=CCNC(=S)N1CCNC(=O)C1CC(=O)Nc1cccc(Cl)c1. The highest BCUT2D eigenvalue weighted by atomic mass is 35.5. The molecule has 1 atom stereocenters. The van der Waals surface area contributed by atoms with Gasteiger partial charge in [0, 0.05) is 30.3 Å². The van der Waals surface area contributed by atoms with Crippen LogP contribution in [0.15, 0.2) is 36.9 Å². The Balaban J connectivity index is 2.02. The fourth-order valence-corrected chi connectivity index (χ4v) is 2.87. The number of amides is 2. The number of nitrogens with zero attached hydrogens (tertiary/aromatic N) is 1. The molecule has 0 radical (unpaired) electrons. The Morgan fingerprint density at radius 2 is 2.33 bits per heavy atom. The molecule has 1 fully saturated rings. The second-order valence-corrected chi connectivity index (χ2v) is 6.06. The maximum absolute atomic E-state index is 12.3. The number of benzene rings is 1. The third-order valence-electron chi connectivity index (χ3n) is 3.48. The second kappa shape index (κ2) is 8.65. The third-order valence-corrected chi connectivity index (χ3v) is 4.09. The van der Waals surface area contributed by atoms with Gasteiger partial charge in [-0.25, -0.2) is 0 Å². The number of anilines is 1. The summed E-state index contributed by atoms with van der Waals surface area (Å²) in [4.78, 5) is 26.2. The van der Waals surface area contributed by atoms with Crippen molar-refractivity contribution in [3.05, 3.63) is 41.9 Å². The van der Waals surface area contributed by atoms with Crippen LogP contribution in [-0.2, 0) is 9.59 Å². The zero-order chi connectivity index (χ0) is 17.5. The van der Waals surface area contributed by atoms with Crippen molar-refractivity contribution in [2.75, 3.05) is 25.0 Å². The van der Waals surface area contributed by atoms with Crippen LogP contribution in [0.25, 0.3) is 0 Å². The van der Waals surface area contributed by atoms with Gasteiger partial charge in [0.15, 0.2) is 5.11 Å². The first kappa shape index (κ1) is 18.2. The van der Waals surface area contributed by atoms with Crippen molar-refractivity contribution in [2.24, 2.45) is 0 Å². The summed E-state index contributed by atoms with van der Waals surface area (Å²) in [6.07, 6.45) is 1.67. The molecule has 0 saturated carbocycles. The van der Waals surface area contributed by atoms with Gasteiger partial charge < -0.3 is 20.9 Å². The first-order valence-electron chi connectivity index (χ1n) is 7.49. The Morgan fingerprint density at radius 1 is 1.54 bits per heavy atom. The summed E-state index contributed by atoms with van der Waals surface area (Å²) in [5.74, 6) is -0.499. The Kier molecular flexibility index (Phi) is 6.57. The fourth-order valence-electron chi connectivity index (χ4n) is 2.38. The highest BCUT2D eigenvalue weighted by Gasteiger charge is 2.33. The minimum atomic E-state index is -0.650. The van der Waals surface area contributed by atoms with Crippen molar-refractivity contribution in [2.45, 2.75) is 12.5 Å². The molecule has 24 heavy (non-hydrogen) atoms. The topological polar surface area (TPSA) is 73.5 Å². The molecule has 1 aliphatic heterocycles. The molecule has 2 rings (SSSR count). The van der Waals surface area contributed by atoms with Gasteiger partial charge in [-0.15, -0.1) is 6.58 Å².